The highest BCUT2D eigenvalue weighted by Gasteiger charge is 2.31. The van der Waals surface area contributed by atoms with Gasteiger partial charge in [0.05, 0.1) is 5.92 Å². The van der Waals surface area contributed by atoms with Crippen molar-refractivity contribution in [2.24, 2.45) is 5.92 Å². The second-order valence-corrected chi connectivity index (χ2v) is 6.42. The molecule has 3 aromatic rings. The van der Waals surface area contributed by atoms with Crippen LogP contribution < -0.4 is 5.32 Å². The molecule has 0 saturated heterocycles. The minimum absolute atomic E-state index is 0.00400. The van der Waals surface area contributed by atoms with Gasteiger partial charge in [0.2, 0.25) is 0 Å². The summed E-state index contributed by atoms with van der Waals surface area (Å²) in [5, 5.41) is 5.08. The first-order chi connectivity index (χ1) is 12.2. The Morgan fingerprint density at radius 3 is 2.64 bits per heavy atom. The second kappa shape index (κ2) is 6.24. The molecule has 0 aliphatic heterocycles. The van der Waals surface area contributed by atoms with Crippen LogP contribution in [0.15, 0.2) is 42.5 Å². The van der Waals surface area contributed by atoms with E-state index in [0.717, 1.165) is 35.7 Å². The first-order valence-electron chi connectivity index (χ1n) is 8.65. The highest BCUT2D eigenvalue weighted by molar-refractivity contribution is 6.09. The van der Waals surface area contributed by atoms with Gasteiger partial charge < -0.3 is 14.6 Å². The van der Waals surface area contributed by atoms with Crippen LogP contribution in [0.2, 0.25) is 0 Å². The average Bonchev–Trinajstić information content (AvgIpc) is 3.43. The van der Waals surface area contributed by atoms with Crippen LogP contribution in [0.3, 0.4) is 0 Å². The van der Waals surface area contributed by atoms with E-state index in [1.165, 1.54) is 5.52 Å². The Hall–Kier alpha value is -2.82. The van der Waals surface area contributed by atoms with Crippen molar-refractivity contribution in [3.05, 3.63) is 42.5 Å². The molecule has 128 valence electrons. The van der Waals surface area contributed by atoms with Crippen LogP contribution in [0.25, 0.3) is 21.8 Å². The molecule has 0 unspecified atom stereocenters. The number of para-hydroxylation sites is 1. The van der Waals surface area contributed by atoms with Gasteiger partial charge >= 0.3 is 5.97 Å². The molecule has 0 atom stereocenters. The van der Waals surface area contributed by atoms with Gasteiger partial charge in [0.15, 0.2) is 6.61 Å². The zero-order valence-electron chi connectivity index (χ0n) is 14.1. The number of benzene rings is 2. The van der Waals surface area contributed by atoms with E-state index in [2.05, 4.69) is 28.9 Å². The van der Waals surface area contributed by atoms with E-state index in [-0.39, 0.29) is 24.4 Å². The number of hydrogen-bond acceptors (Lipinski definition) is 3. The lowest BCUT2D eigenvalue weighted by Crippen LogP contribution is -2.21. The number of esters is 1. The van der Waals surface area contributed by atoms with Gasteiger partial charge in [-0.25, -0.2) is 0 Å². The van der Waals surface area contributed by atoms with Crippen molar-refractivity contribution >= 4 is 39.4 Å². The number of ether oxygens (including phenoxy) is 1. The lowest BCUT2D eigenvalue weighted by molar-refractivity contribution is -0.148. The number of aryl methyl sites for hydroxylation is 1. The third kappa shape index (κ3) is 2.97. The van der Waals surface area contributed by atoms with Crippen LogP contribution in [-0.4, -0.2) is 23.1 Å². The fourth-order valence-electron chi connectivity index (χ4n) is 3.24. The number of rotatable bonds is 5. The van der Waals surface area contributed by atoms with E-state index < -0.39 is 0 Å². The molecule has 1 saturated carbocycles. The van der Waals surface area contributed by atoms with Crippen LogP contribution in [-0.2, 0) is 20.9 Å². The smallest absolute Gasteiger partial charge is 0.309 e. The Kier molecular flexibility index (Phi) is 3.92. The number of hydrogen-bond donors (Lipinski definition) is 1. The third-order valence-corrected chi connectivity index (χ3v) is 4.63. The molecule has 2 aromatic carbocycles. The first-order valence-corrected chi connectivity index (χ1v) is 8.65. The molecule has 5 nitrogen and oxygen atoms in total. The molecular formula is C20H20N2O3. The van der Waals surface area contributed by atoms with E-state index in [0.29, 0.717) is 5.69 Å². The molecule has 1 N–H and O–H groups in total. The number of amides is 1. The molecule has 0 bridgehead atoms. The number of aromatic nitrogens is 1. The number of anilines is 1. The SMILES string of the molecule is CCn1c2ccccc2c2cc(NC(=O)COC(=O)C3CC3)ccc21. The van der Waals surface area contributed by atoms with Gasteiger partial charge in [-0.15, -0.1) is 0 Å². The maximum atomic E-state index is 12.0. The highest BCUT2D eigenvalue weighted by Crippen LogP contribution is 2.31. The Morgan fingerprint density at radius 1 is 1.12 bits per heavy atom. The fourth-order valence-corrected chi connectivity index (χ4v) is 3.24. The number of nitrogens with one attached hydrogen (secondary N) is 1. The van der Waals surface area contributed by atoms with Crippen LogP contribution >= 0.6 is 0 Å². The molecule has 25 heavy (non-hydrogen) atoms. The predicted octanol–water partition coefficient (Wildman–Crippen LogP) is 3.71. The first kappa shape index (κ1) is 15.7. The Morgan fingerprint density at radius 2 is 1.88 bits per heavy atom. The van der Waals surface area contributed by atoms with Crippen LogP contribution in [0.1, 0.15) is 19.8 Å². The molecule has 1 fully saturated rings. The largest absolute Gasteiger partial charge is 0.455 e. The average molecular weight is 336 g/mol. The topological polar surface area (TPSA) is 60.3 Å². The molecule has 0 radical (unpaired) electrons. The van der Waals surface area contributed by atoms with Gasteiger partial charge in [0, 0.05) is 34.0 Å². The molecule has 0 spiro atoms. The zero-order chi connectivity index (χ0) is 17.4. The predicted molar refractivity (Wildman–Crippen MR) is 97.4 cm³/mol. The van der Waals surface area contributed by atoms with Crippen LogP contribution in [0, 0.1) is 5.92 Å². The molecular weight excluding hydrogens is 316 g/mol. The van der Waals surface area contributed by atoms with E-state index in [9.17, 15) is 9.59 Å². The molecule has 1 aliphatic rings. The van der Waals surface area contributed by atoms with Crippen molar-refractivity contribution in [2.45, 2.75) is 26.3 Å². The monoisotopic (exact) mass is 336 g/mol. The normalized spacial score (nSPS) is 14.0. The zero-order valence-corrected chi connectivity index (χ0v) is 14.1. The van der Waals surface area contributed by atoms with E-state index >= 15 is 0 Å². The van der Waals surface area contributed by atoms with Gasteiger partial charge in [-0.2, -0.15) is 0 Å². The summed E-state index contributed by atoms with van der Waals surface area (Å²) < 4.78 is 7.28. The van der Waals surface area contributed by atoms with Gasteiger partial charge in [-0.05, 0) is 44.0 Å². The van der Waals surface area contributed by atoms with Crippen molar-refractivity contribution in [3.8, 4) is 0 Å². The lowest BCUT2D eigenvalue weighted by atomic mass is 10.1. The fraction of sp³-hybridized carbons (Fsp3) is 0.300. The summed E-state index contributed by atoms with van der Waals surface area (Å²) in [5.74, 6) is -0.575. The maximum absolute atomic E-state index is 12.0. The Labute approximate surface area is 145 Å². The van der Waals surface area contributed by atoms with Crippen molar-refractivity contribution < 1.29 is 14.3 Å². The van der Waals surface area contributed by atoms with Crippen LogP contribution in [0.5, 0.6) is 0 Å². The maximum Gasteiger partial charge on any atom is 0.309 e. The molecule has 5 heteroatoms. The van der Waals surface area contributed by atoms with Gasteiger partial charge in [-0.1, -0.05) is 18.2 Å². The van der Waals surface area contributed by atoms with E-state index in [1.54, 1.807) is 0 Å². The van der Waals surface area contributed by atoms with Crippen molar-refractivity contribution in [1.82, 2.24) is 4.57 Å². The van der Waals surface area contributed by atoms with Gasteiger partial charge in [0.1, 0.15) is 0 Å². The summed E-state index contributed by atoms with van der Waals surface area (Å²) in [5.41, 5.74) is 3.03. The summed E-state index contributed by atoms with van der Waals surface area (Å²) in [6.07, 6.45) is 1.75. The number of carbonyl (C=O) groups is 2. The molecule has 1 aromatic heterocycles. The third-order valence-electron chi connectivity index (χ3n) is 4.63. The summed E-state index contributed by atoms with van der Waals surface area (Å²) in [7, 11) is 0. The second-order valence-electron chi connectivity index (χ2n) is 6.42. The molecule has 1 aliphatic carbocycles. The highest BCUT2D eigenvalue weighted by atomic mass is 16.5. The molecule has 4 rings (SSSR count). The number of carbonyl (C=O) groups excluding carboxylic acids is 2. The Balaban J connectivity index is 1.57. The van der Waals surface area contributed by atoms with E-state index in [4.69, 9.17) is 4.74 Å². The number of fused-ring (bicyclic) bond motifs is 3. The number of nitrogens with zero attached hydrogens (tertiary/aromatic N) is 1. The standard InChI is InChI=1S/C20H20N2O3/c1-2-22-17-6-4-3-5-15(17)16-11-14(9-10-18(16)22)21-19(23)12-25-20(24)13-7-8-13/h3-6,9-11,13H,2,7-8,12H2,1H3,(H,21,23). The minimum Gasteiger partial charge on any atom is -0.455 e. The summed E-state index contributed by atoms with van der Waals surface area (Å²) in [4.78, 5) is 23.5. The van der Waals surface area contributed by atoms with Crippen LogP contribution in [0.4, 0.5) is 5.69 Å². The summed E-state index contributed by atoms with van der Waals surface area (Å²) >= 11 is 0. The Bertz CT molecular complexity index is 970. The van der Waals surface area contributed by atoms with E-state index in [1.807, 2.05) is 30.3 Å². The summed E-state index contributed by atoms with van der Waals surface area (Å²) in [6, 6.07) is 14.1. The van der Waals surface area contributed by atoms with Crippen molar-refractivity contribution in [1.29, 1.82) is 0 Å². The van der Waals surface area contributed by atoms with Crippen molar-refractivity contribution in [2.75, 3.05) is 11.9 Å². The van der Waals surface area contributed by atoms with Gasteiger partial charge in [0.25, 0.3) is 5.91 Å². The minimum atomic E-state index is -0.312. The lowest BCUT2D eigenvalue weighted by Gasteiger charge is -2.07. The summed E-state index contributed by atoms with van der Waals surface area (Å²) in [6.45, 7) is 2.77. The van der Waals surface area contributed by atoms with Crippen molar-refractivity contribution in [3.63, 3.8) is 0 Å². The van der Waals surface area contributed by atoms with Gasteiger partial charge in [-0.3, -0.25) is 9.59 Å². The quantitative estimate of drug-likeness (QED) is 0.723. The molecule has 1 amide bonds. The molecule has 1 heterocycles.